The van der Waals surface area contributed by atoms with E-state index in [9.17, 15) is 24.3 Å². The molecule has 41 heavy (non-hydrogen) atoms. The Hall–Kier alpha value is -3.88. The molecule has 0 fully saturated rings. The molecule has 3 amide bonds. The van der Waals surface area contributed by atoms with E-state index in [1.165, 1.54) is 11.8 Å². The van der Waals surface area contributed by atoms with E-state index in [1.54, 1.807) is 0 Å². The highest BCUT2D eigenvalue weighted by Crippen LogP contribution is 2.20. The number of carbonyl (C=O) groups excluding carboxylic acids is 3. The van der Waals surface area contributed by atoms with Crippen molar-refractivity contribution in [1.29, 1.82) is 0 Å². The molecular weight excluding hydrogens is 522 g/mol. The first-order valence-corrected chi connectivity index (χ1v) is 14.3. The normalized spacial score (nSPS) is 12.5. The van der Waals surface area contributed by atoms with E-state index in [0.717, 1.165) is 23.1 Å². The number of nitrogens with zero attached hydrogens (tertiary/aromatic N) is 1. The van der Waals surface area contributed by atoms with Gasteiger partial charge < -0.3 is 25.4 Å². The van der Waals surface area contributed by atoms with E-state index in [0.29, 0.717) is 18.9 Å². The molecule has 224 valence electrons. The lowest BCUT2D eigenvalue weighted by Gasteiger charge is -2.30. The standard InChI is InChI=1S/C32H45N3O6/c1-22(2)11-14-28(31(39)41-18-17-33-24(5)36)21-35(20-23(3)4)32(40)34-29(30(37)38)19-25-12-15-27(16-13-25)26-9-7-6-8-10-26/h6-10,12-13,15-16,22-23,28-29H,11,14,17-21H2,1-5H3,(H,33,36)(H,34,40)(H,37,38)/t28?,29-/m0/s1. The number of esters is 1. The summed E-state index contributed by atoms with van der Waals surface area (Å²) in [4.78, 5) is 51.1. The van der Waals surface area contributed by atoms with E-state index in [1.807, 2.05) is 68.4 Å². The van der Waals surface area contributed by atoms with Gasteiger partial charge in [-0.05, 0) is 34.9 Å². The second-order valence-corrected chi connectivity index (χ2v) is 11.2. The van der Waals surface area contributed by atoms with Crippen LogP contribution in [0.3, 0.4) is 0 Å². The third-order valence-electron chi connectivity index (χ3n) is 6.56. The highest BCUT2D eigenvalue weighted by molar-refractivity contribution is 5.83. The molecular formula is C32H45N3O6. The van der Waals surface area contributed by atoms with Gasteiger partial charge in [0.1, 0.15) is 12.6 Å². The minimum Gasteiger partial charge on any atom is -0.480 e. The fraction of sp³-hybridized carbons (Fsp3) is 0.500. The molecule has 9 nitrogen and oxygen atoms in total. The van der Waals surface area contributed by atoms with Crippen molar-refractivity contribution in [3.63, 3.8) is 0 Å². The highest BCUT2D eigenvalue weighted by atomic mass is 16.5. The first-order valence-electron chi connectivity index (χ1n) is 14.3. The number of hydrogen-bond donors (Lipinski definition) is 3. The van der Waals surface area contributed by atoms with Crippen LogP contribution in [0.15, 0.2) is 54.6 Å². The quantitative estimate of drug-likeness (QED) is 0.199. The van der Waals surface area contributed by atoms with Gasteiger partial charge in [-0.25, -0.2) is 9.59 Å². The van der Waals surface area contributed by atoms with Crippen molar-refractivity contribution in [1.82, 2.24) is 15.5 Å². The third-order valence-corrected chi connectivity index (χ3v) is 6.56. The van der Waals surface area contributed by atoms with Crippen LogP contribution in [0.1, 0.15) is 53.0 Å². The van der Waals surface area contributed by atoms with Crippen molar-refractivity contribution < 1.29 is 29.0 Å². The number of aliphatic carboxylic acids is 1. The van der Waals surface area contributed by atoms with E-state index in [2.05, 4.69) is 24.5 Å². The van der Waals surface area contributed by atoms with Crippen LogP contribution in [-0.2, 0) is 25.5 Å². The molecule has 2 rings (SSSR count). The summed E-state index contributed by atoms with van der Waals surface area (Å²) < 4.78 is 5.41. The van der Waals surface area contributed by atoms with Crippen molar-refractivity contribution in [2.24, 2.45) is 17.8 Å². The highest BCUT2D eigenvalue weighted by Gasteiger charge is 2.29. The molecule has 2 aromatic rings. The Morgan fingerprint density at radius 2 is 1.49 bits per heavy atom. The first-order chi connectivity index (χ1) is 19.5. The monoisotopic (exact) mass is 567 g/mol. The van der Waals surface area contributed by atoms with Gasteiger partial charge in [-0.2, -0.15) is 0 Å². The number of carboxylic acid groups (broad SMARTS) is 1. The first kappa shape index (κ1) is 33.3. The van der Waals surface area contributed by atoms with Gasteiger partial charge in [0.25, 0.3) is 0 Å². The second-order valence-electron chi connectivity index (χ2n) is 11.2. The van der Waals surface area contributed by atoms with Crippen LogP contribution in [0.4, 0.5) is 4.79 Å². The molecule has 0 radical (unpaired) electrons. The molecule has 0 aromatic heterocycles. The zero-order chi connectivity index (χ0) is 30.4. The lowest BCUT2D eigenvalue weighted by atomic mass is 9.97. The average Bonchev–Trinajstić information content (AvgIpc) is 2.92. The Morgan fingerprint density at radius 3 is 2.05 bits per heavy atom. The molecule has 2 aromatic carbocycles. The predicted octanol–water partition coefficient (Wildman–Crippen LogP) is 4.75. The summed E-state index contributed by atoms with van der Waals surface area (Å²) in [6, 6.07) is 15.8. The lowest BCUT2D eigenvalue weighted by Crippen LogP contribution is -2.51. The lowest BCUT2D eigenvalue weighted by molar-refractivity contribution is -0.149. The van der Waals surface area contributed by atoms with E-state index >= 15 is 0 Å². The summed E-state index contributed by atoms with van der Waals surface area (Å²) >= 11 is 0. The van der Waals surface area contributed by atoms with Gasteiger partial charge in [-0.15, -0.1) is 0 Å². The molecule has 0 aliphatic rings. The van der Waals surface area contributed by atoms with Gasteiger partial charge in [-0.3, -0.25) is 9.59 Å². The number of rotatable bonds is 16. The Kier molecular flexibility index (Phi) is 13.9. The van der Waals surface area contributed by atoms with Crippen LogP contribution < -0.4 is 10.6 Å². The number of ether oxygens (including phenoxy) is 1. The topological polar surface area (TPSA) is 125 Å². The molecule has 9 heteroatoms. The molecule has 0 bridgehead atoms. The average molecular weight is 568 g/mol. The van der Waals surface area contributed by atoms with Crippen LogP contribution in [0.25, 0.3) is 11.1 Å². The van der Waals surface area contributed by atoms with Crippen molar-refractivity contribution in [2.45, 2.75) is 59.9 Å². The minimum atomic E-state index is -1.14. The number of urea groups is 1. The summed E-state index contributed by atoms with van der Waals surface area (Å²) in [6.07, 6.45) is 1.40. The predicted molar refractivity (Wildman–Crippen MR) is 159 cm³/mol. The van der Waals surface area contributed by atoms with E-state index in [4.69, 9.17) is 4.74 Å². The Balaban J connectivity index is 2.12. The molecule has 0 aliphatic carbocycles. The largest absolute Gasteiger partial charge is 0.480 e. The molecule has 3 N–H and O–H groups in total. The SMILES string of the molecule is CC(=O)NCCOC(=O)C(CCC(C)C)CN(CC(C)C)C(=O)N[C@@H](Cc1ccc(-c2ccccc2)cc1)C(=O)O. The maximum atomic E-state index is 13.4. The molecule has 0 saturated carbocycles. The fourth-order valence-electron chi connectivity index (χ4n) is 4.40. The molecule has 2 atom stereocenters. The maximum absolute atomic E-state index is 13.4. The number of carbonyl (C=O) groups is 4. The summed E-state index contributed by atoms with van der Waals surface area (Å²) in [5, 5.41) is 15.2. The molecule has 0 aliphatic heterocycles. The summed E-state index contributed by atoms with van der Waals surface area (Å²) in [5.41, 5.74) is 2.86. The number of amides is 3. The fourth-order valence-corrected chi connectivity index (χ4v) is 4.40. The molecule has 0 spiro atoms. The second kappa shape index (κ2) is 17.0. The van der Waals surface area contributed by atoms with Gasteiger partial charge >= 0.3 is 18.0 Å². The van der Waals surface area contributed by atoms with Gasteiger partial charge in [-0.1, -0.05) is 88.7 Å². The van der Waals surface area contributed by atoms with Crippen LogP contribution in [0.5, 0.6) is 0 Å². The summed E-state index contributed by atoms with van der Waals surface area (Å²) in [6.45, 7) is 10.1. The molecule has 0 saturated heterocycles. The minimum absolute atomic E-state index is 0.0388. The summed E-state index contributed by atoms with van der Waals surface area (Å²) in [7, 11) is 0. The van der Waals surface area contributed by atoms with Gasteiger partial charge in [0.15, 0.2) is 0 Å². The van der Waals surface area contributed by atoms with Gasteiger partial charge in [0, 0.05) is 26.4 Å². The Labute approximate surface area is 243 Å². The van der Waals surface area contributed by atoms with E-state index < -0.39 is 29.9 Å². The van der Waals surface area contributed by atoms with Crippen LogP contribution in [-0.4, -0.2) is 66.2 Å². The van der Waals surface area contributed by atoms with Gasteiger partial charge in [0.2, 0.25) is 5.91 Å². The van der Waals surface area contributed by atoms with Crippen molar-refractivity contribution in [2.75, 3.05) is 26.2 Å². The van der Waals surface area contributed by atoms with E-state index in [-0.39, 0.29) is 37.9 Å². The number of nitrogens with one attached hydrogen (secondary N) is 2. The number of benzene rings is 2. The Morgan fingerprint density at radius 1 is 0.854 bits per heavy atom. The van der Waals surface area contributed by atoms with Crippen molar-refractivity contribution in [3.05, 3.63) is 60.2 Å². The van der Waals surface area contributed by atoms with Crippen LogP contribution in [0.2, 0.25) is 0 Å². The number of hydrogen-bond acceptors (Lipinski definition) is 5. The van der Waals surface area contributed by atoms with Crippen LogP contribution in [0, 0.1) is 17.8 Å². The maximum Gasteiger partial charge on any atom is 0.326 e. The number of carboxylic acids is 1. The van der Waals surface area contributed by atoms with Crippen molar-refractivity contribution >= 4 is 23.9 Å². The zero-order valence-corrected chi connectivity index (χ0v) is 24.9. The Bertz CT molecular complexity index is 1120. The zero-order valence-electron chi connectivity index (χ0n) is 24.9. The van der Waals surface area contributed by atoms with Crippen molar-refractivity contribution in [3.8, 4) is 11.1 Å². The third kappa shape index (κ3) is 12.4. The van der Waals surface area contributed by atoms with Gasteiger partial charge in [0.05, 0.1) is 12.5 Å². The van der Waals surface area contributed by atoms with Crippen LogP contribution >= 0.6 is 0 Å². The summed E-state index contributed by atoms with van der Waals surface area (Å²) in [5.74, 6) is -1.92. The molecule has 1 unspecified atom stereocenters. The molecule has 0 heterocycles. The smallest absolute Gasteiger partial charge is 0.326 e.